The van der Waals surface area contributed by atoms with E-state index in [9.17, 15) is 9.50 Å². The third-order valence-electron chi connectivity index (χ3n) is 1.79. The molecule has 0 aliphatic carbocycles. The summed E-state index contributed by atoms with van der Waals surface area (Å²) in [6.45, 7) is 1.69. The first-order valence-electron chi connectivity index (χ1n) is 4.17. The fourth-order valence-electron chi connectivity index (χ4n) is 1.08. The minimum Gasteiger partial charge on any atom is -0.387 e. The van der Waals surface area contributed by atoms with Gasteiger partial charge in [0.1, 0.15) is 5.82 Å². The van der Waals surface area contributed by atoms with Crippen LogP contribution in [0.1, 0.15) is 25.0 Å². The monoisotopic (exact) mass is 212 g/mol. The maximum atomic E-state index is 12.7. The molecule has 1 unspecified atom stereocenters. The van der Waals surface area contributed by atoms with Gasteiger partial charge in [0.05, 0.1) is 6.10 Å². The van der Waals surface area contributed by atoms with Crippen molar-refractivity contribution in [2.45, 2.75) is 19.4 Å². The molecule has 0 bridgehead atoms. The van der Waals surface area contributed by atoms with E-state index in [1.54, 1.807) is 6.92 Å². The Balaban J connectivity index is 2.88. The van der Waals surface area contributed by atoms with Crippen LogP contribution in [0.5, 0.6) is 0 Å². The molecule has 74 valence electrons. The summed E-state index contributed by atoms with van der Waals surface area (Å²) in [4.78, 5) is 0. The predicted octanol–water partition coefficient (Wildman–Crippen LogP) is 2.93. The van der Waals surface area contributed by atoms with Crippen LogP contribution in [0.4, 0.5) is 4.39 Å². The Hall–Kier alpha value is -1.04. The van der Waals surface area contributed by atoms with Gasteiger partial charge in [-0.05, 0) is 19.1 Å². The van der Waals surface area contributed by atoms with Crippen LogP contribution in [0.3, 0.4) is 0 Å². The molecule has 0 aliphatic rings. The summed E-state index contributed by atoms with van der Waals surface area (Å²) in [5, 5.41) is 9.85. The topological polar surface area (TPSA) is 20.2 Å². The lowest BCUT2D eigenvalue weighted by molar-refractivity contribution is 0.184. The highest BCUT2D eigenvalue weighted by molar-refractivity contribution is 6.31. The van der Waals surface area contributed by atoms with Gasteiger partial charge < -0.3 is 5.11 Å². The zero-order chi connectivity index (χ0) is 10.6. The van der Waals surface area contributed by atoms with Crippen LogP contribution in [-0.2, 0) is 0 Å². The Morgan fingerprint density at radius 3 is 2.86 bits per heavy atom. The highest BCUT2D eigenvalue weighted by Gasteiger charge is 2.10. The highest BCUT2D eigenvalue weighted by Crippen LogP contribution is 2.25. The molecule has 0 fully saturated rings. The van der Waals surface area contributed by atoms with Crippen LogP contribution >= 0.6 is 11.6 Å². The minimum absolute atomic E-state index is 0.232. The van der Waals surface area contributed by atoms with Crippen LogP contribution in [0, 0.1) is 17.7 Å². The summed E-state index contributed by atoms with van der Waals surface area (Å²) in [5.41, 5.74) is 0.510. The van der Waals surface area contributed by atoms with Gasteiger partial charge in [-0.3, -0.25) is 0 Å². The van der Waals surface area contributed by atoms with Crippen molar-refractivity contribution in [3.05, 3.63) is 34.6 Å². The molecule has 0 saturated carbocycles. The second-order valence-corrected chi connectivity index (χ2v) is 3.22. The number of rotatable bonds is 2. The summed E-state index contributed by atoms with van der Waals surface area (Å²) < 4.78 is 12.7. The molecule has 0 amide bonds. The average molecular weight is 213 g/mol. The molecular weight excluding hydrogens is 203 g/mol. The molecule has 1 atom stereocenters. The molecule has 14 heavy (non-hydrogen) atoms. The first kappa shape index (κ1) is 11.0. The number of hydrogen-bond donors (Lipinski definition) is 1. The van der Waals surface area contributed by atoms with E-state index < -0.39 is 11.9 Å². The lowest BCUT2D eigenvalue weighted by atomic mass is 10.1. The number of benzene rings is 1. The maximum absolute atomic E-state index is 12.7. The van der Waals surface area contributed by atoms with Crippen molar-refractivity contribution in [1.29, 1.82) is 0 Å². The van der Waals surface area contributed by atoms with E-state index in [4.69, 9.17) is 11.6 Å². The molecular formula is C11H10ClFO. The molecule has 0 radical (unpaired) electrons. The predicted molar refractivity (Wildman–Crippen MR) is 54.4 cm³/mol. The van der Waals surface area contributed by atoms with Crippen LogP contribution in [-0.4, -0.2) is 5.11 Å². The summed E-state index contributed by atoms with van der Waals surface area (Å²) in [6, 6.07) is 3.92. The lowest BCUT2D eigenvalue weighted by Gasteiger charge is -2.09. The van der Waals surface area contributed by atoms with Gasteiger partial charge in [-0.1, -0.05) is 17.7 Å². The molecule has 0 aliphatic heterocycles. The van der Waals surface area contributed by atoms with Crippen LogP contribution in [0.15, 0.2) is 18.2 Å². The molecule has 0 aromatic heterocycles. The number of aliphatic hydroxyl groups is 1. The normalized spacial score (nSPS) is 11.7. The van der Waals surface area contributed by atoms with Crippen LogP contribution < -0.4 is 0 Å². The van der Waals surface area contributed by atoms with Gasteiger partial charge >= 0.3 is 0 Å². The SMILES string of the molecule is CC#CCC(O)c1ccc(F)cc1Cl. The minimum atomic E-state index is -0.754. The number of aliphatic hydroxyl groups excluding tert-OH is 1. The fraction of sp³-hybridized carbons (Fsp3) is 0.273. The van der Waals surface area contributed by atoms with E-state index in [0.717, 1.165) is 0 Å². The summed E-state index contributed by atoms with van der Waals surface area (Å²) in [7, 11) is 0. The maximum Gasteiger partial charge on any atom is 0.124 e. The Kier molecular flexibility index (Phi) is 3.94. The van der Waals surface area contributed by atoms with E-state index in [1.807, 2.05) is 0 Å². The Bertz CT molecular complexity index is 379. The zero-order valence-corrected chi connectivity index (χ0v) is 8.48. The quantitative estimate of drug-likeness (QED) is 0.748. The van der Waals surface area contributed by atoms with Gasteiger partial charge in [0.15, 0.2) is 0 Å². The van der Waals surface area contributed by atoms with E-state index >= 15 is 0 Å². The molecule has 1 aromatic rings. The number of hydrogen-bond acceptors (Lipinski definition) is 1. The fourth-order valence-corrected chi connectivity index (χ4v) is 1.37. The van der Waals surface area contributed by atoms with Gasteiger partial charge in [-0.15, -0.1) is 11.8 Å². The molecule has 1 nitrogen and oxygen atoms in total. The first-order valence-corrected chi connectivity index (χ1v) is 4.55. The second-order valence-electron chi connectivity index (χ2n) is 2.81. The third kappa shape index (κ3) is 2.73. The summed E-state index contributed by atoms with van der Waals surface area (Å²) in [5.74, 6) is 5.00. The van der Waals surface area contributed by atoms with Crippen molar-refractivity contribution in [2.24, 2.45) is 0 Å². The van der Waals surface area contributed by atoms with Crippen molar-refractivity contribution < 1.29 is 9.50 Å². The third-order valence-corrected chi connectivity index (χ3v) is 2.12. The van der Waals surface area contributed by atoms with E-state index in [1.165, 1.54) is 18.2 Å². The van der Waals surface area contributed by atoms with E-state index in [0.29, 0.717) is 12.0 Å². The van der Waals surface area contributed by atoms with Crippen LogP contribution in [0.25, 0.3) is 0 Å². The van der Waals surface area contributed by atoms with E-state index in [2.05, 4.69) is 11.8 Å². The molecule has 1 rings (SSSR count). The van der Waals surface area contributed by atoms with Crippen molar-refractivity contribution in [3.63, 3.8) is 0 Å². The second kappa shape index (κ2) is 4.99. The first-order chi connectivity index (χ1) is 6.65. The largest absolute Gasteiger partial charge is 0.387 e. The smallest absolute Gasteiger partial charge is 0.124 e. The zero-order valence-electron chi connectivity index (χ0n) is 7.72. The molecule has 3 heteroatoms. The van der Waals surface area contributed by atoms with Crippen molar-refractivity contribution in [1.82, 2.24) is 0 Å². The average Bonchev–Trinajstić information content (AvgIpc) is 2.14. The molecule has 0 saturated heterocycles. The van der Waals surface area contributed by atoms with Crippen molar-refractivity contribution >= 4 is 11.6 Å². The number of halogens is 2. The summed E-state index contributed by atoms with van der Waals surface area (Å²) >= 11 is 5.76. The molecule has 1 N–H and O–H groups in total. The van der Waals surface area contributed by atoms with Gasteiger partial charge in [-0.25, -0.2) is 4.39 Å². The summed E-state index contributed by atoms with van der Waals surface area (Å²) in [6.07, 6.45) is -0.447. The van der Waals surface area contributed by atoms with Gasteiger partial charge in [0.25, 0.3) is 0 Å². The van der Waals surface area contributed by atoms with Crippen molar-refractivity contribution in [3.8, 4) is 11.8 Å². The van der Waals surface area contributed by atoms with Gasteiger partial charge in [0, 0.05) is 17.0 Å². The molecule has 0 heterocycles. The lowest BCUT2D eigenvalue weighted by Crippen LogP contribution is -1.97. The van der Waals surface area contributed by atoms with Crippen LogP contribution in [0.2, 0.25) is 5.02 Å². The van der Waals surface area contributed by atoms with E-state index in [-0.39, 0.29) is 5.02 Å². The molecule has 1 aromatic carbocycles. The molecule has 0 spiro atoms. The van der Waals surface area contributed by atoms with Gasteiger partial charge in [-0.2, -0.15) is 0 Å². The Morgan fingerprint density at radius 2 is 2.29 bits per heavy atom. The Labute approximate surface area is 87.5 Å². The standard InChI is InChI=1S/C11H10ClFO/c1-2-3-4-11(14)9-6-5-8(13)7-10(9)12/h5-7,11,14H,4H2,1H3. The Morgan fingerprint density at radius 1 is 1.57 bits per heavy atom. The van der Waals surface area contributed by atoms with Crippen molar-refractivity contribution in [2.75, 3.05) is 0 Å². The van der Waals surface area contributed by atoms with Gasteiger partial charge in [0.2, 0.25) is 0 Å². The highest BCUT2D eigenvalue weighted by atomic mass is 35.5.